The molecule has 0 aromatic heterocycles. The van der Waals surface area contributed by atoms with Crippen LogP contribution in [0.25, 0.3) is 0 Å². The molecule has 0 unspecified atom stereocenters. The summed E-state index contributed by atoms with van der Waals surface area (Å²) in [5, 5.41) is 8.98. The summed E-state index contributed by atoms with van der Waals surface area (Å²) < 4.78 is 6.18. The second kappa shape index (κ2) is 3.83. The van der Waals surface area contributed by atoms with Crippen molar-refractivity contribution in [1.82, 2.24) is 0 Å². The first-order valence-electron chi connectivity index (χ1n) is 4.55. The zero-order valence-electron chi connectivity index (χ0n) is 7.87. The Hall–Kier alpha value is -1.07. The molecule has 0 saturated carbocycles. The van der Waals surface area contributed by atoms with Crippen LogP contribution in [-0.2, 0) is 0 Å². The summed E-state index contributed by atoms with van der Waals surface area (Å²) in [5.74, 6) is -0.594. The molecule has 3 N–H and O–H groups in total. The van der Waals surface area contributed by atoms with Gasteiger partial charge >= 0.3 is 5.97 Å². The Balaban J connectivity index is 2.63. The number of carbonyl (C=O) groups is 1. The minimum absolute atomic E-state index is 0.164. The summed E-state index contributed by atoms with van der Waals surface area (Å²) in [6, 6.07) is 3.04. The van der Waals surface area contributed by atoms with Gasteiger partial charge in [-0.2, -0.15) is 0 Å². The van der Waals surface area contributed by atoms with Crippen LogP contribution in [0, 0.1) is 0 Å². The lowest BCUT2D eigenvalue weighted by Gasteiger charge is -2.25. The SMILES string of the molecule is N[C@@H]1CCOc2c(C(=O)O)ccc(Br)c21. The van der Waals surface area contributed by atoms with E-state index < -0.39 is 5.97 Å². The Labute approximate surface area is 95.2 Å². The van der Waals surface area contributed by atoms with Gasteiger partial charge in [-0.25, -0.2) is 4.79 Å². The average Bonchev–Trinajstić information content (AvgIpc) is 2.17. The van der Waals surface area contributed by atoms with Gasteiger partial charge in [0.05, 0.1) is 6.61 Å². The van der Waals surface area contributed by atoms with Crippen LogP contribution in [0.3, 0.4) is 0 Å². The highest BCUT2D eigenvalue weighted by atomic mass is 79.9. The number of hydrogen-bond acceptors (Lipinski definition) is 3. The number of benzene rings is 1. The molecule has 0 saturated heterocycles. The summed E-state index contributed by atoms with van der Waals surface area (Å²) in [6.45, 7) is 0.463. The summed E-state index contributed by atoms with van der Waals surface area (Å²) in [7, 11) is 0. The average molecular weight is 272 g/mol. The zero-order chi connectivity index (χ0) is 11.0. The molecule has 1 aromatic carbocycles. The molecule has 15 heavy (non-hydrogen) atoms. The first-order chi connectivity index (χ1) is 7.11. The number of aromatic carboxylic acids is 1. The predicted octanol–water partition coefficient (Wildman–Crippen LogP) is 1.93. The number of carboxylic acids is 1. The molecule has 1 heterocycles. The topological polar surface area (TPSA) is 72.5 Å². The fraction of sp³-hybridized carbons (Fsp3) is 0.300. The van der Waals surface area contributed by atoms with Crippen LogP contribution in [0.15, 0.2) is 16.6 Å². The number of ether oxygens (including phenoxy) is 1. The van der Waals surface area contributed by atoms with Gasteiger partial charge in [-0.05, 0) is 12.1 Å². The van der Waals surface area contributed by atoms with Crippen LogP contribution in [0.5, 0.6) is 5.75 Å². The van der Waals surface area contributed by atoms with Crippen molar-refractivity contribution in [3.8, 4) is 5.75 Å². The van der Waals surface area contributed by atoms with Gasteiger partial charge < -0.3 is 15.6 Å². The largest absolute Gasteiger partial charge is 0.492 e. The molecule has 0 spiro atoms. The summed E-state index contributed by atoms with van der Waals surface area (Å²) in [5.41, 5.74) is 6.83. The second-order valence-corrected chi connectivity index (χ2v) is 4.24. The molecule has 0 amide bonds. The molecule has 2 rings (SSSR count). The lowest BCUT2D eigenvalue weighted by Crippen LogP contribution is -2.22. The van der Waals surface area contributed by atoms with E-state index in [0.29, 0.717) is 18.8 Å². The van der Waals surface area contributed by atoms with E-state index in [2.05, 4.69) is 15.9 Å². The van der Waals surface area contributed by atoms with Crippen molar-refractivity contribution in [2.75, 3.05) is 6.61 Å². The van der Waals surface area contributed by atoms with Crippen molar-refractivity contribution in [2.45, 2.75) is 12.5 Å². The van der Waals surface area contributed by atoms with E-state index in [1.165, 1.54) is 6.07 Å². The highest BCUT2D eigenvalue weighted by molar-refractivity contribution is 9.10. The van der Waals surface area contributed by atoms with Gasteiger partial charge in [0.25, 0.3) is 0 Å². The number of rotatable bonds is 1. The predicted molar refractivity (Wildman–Crippen MR) is 58.1 cm³/mol. The fourth-order valence-electron chi connectivity index (χ4n) is 1.68. The van der Waals surface area contributed by atoms with E-state index in [9.17, 15) is 4.79 Å². The molecule has 80 valence electrons. The molecule has 1 atom stereocenters. The Morgan fingerprint density at radius 1 is 1.60 bits per heavy atom. The molecule has 1 aliphatic rings. The molecule has 0 fully saturated rings. The van der Waals surface area contributed by atoms with Crippen molar-refractivity contribution >= 4 is 21.9 Å². The first kappa shape index (κ1) is 10.4. The fourth-order valence-corrected chi connectivity index (χ4v) is 2.28. The standard InChI is InChI=1S/C10H10BrNO3/c11-6-2-1-5(10(13)14)9-8(6)7(12)3-4-15-9/h1-2,7H,3-4,12H2,(H,13,14)/t7-/m1/s1. The number of carboxylic acid groups (broad SMARTS) is 1. The molecular formula is C10H10BrNO3. The van der Waals surface area contributed by atoms with Crippen LogP contribution >= 0.6 is 15.9 Å². The van der Waals surface area contributed by atoms with Gasteiger partial charge in [-0.1, -0.05) is 15.9 Å². The third-order valence-electron chi connectivity index (χ3n) is 2.42. The van der Waals surface area contributed by atoms with Crippen LogP contribution in [0.2, 0.25) is 0 Å². The van der Waals surface area contributed by atoms with Crippen LogP contribution in [0.1, 0.15) is 28.4 Å². The second-order valence-electron chi connectivity index (χ2n) is 3.39. The van der Waals surface area contributed by atoms with E-state index in [1.807, 2.05) is 0 Å². The van der Waals surface area contributed by atoms with Crippen LogP contribution in [0.4, 0.5) is 0 Å². The Bertz CT molecular complexity index is 419. The number of fused-ring (bicyclic) bond motifs is 1. The summed E-state index contributed by atoms with van der Waals surface area (Å²) in [6.07, 6.45) is 0.703. The molecule has 4 nitrogen and oxygen atoms in total. The van der Waals surface area contributed by atoms with Gasteiger partial charge in [0.1, 0.15) is 11.3 Å². The maximum atomic E-state index is 11.0. The molecule has 0 aliphatic carbocycles. The molecule has 0 radical (unpaired) electrons. The molecule has 1 aliphatic heterocycles. The van der Waals surface area contributed by atoms with E-state index in [0.717, 1.165) is 10.0 Å². The highest BCUT2D eigenvalue weighted by Gasteiger charge is 2.25. The van der Waals surface area contributed by atoms with E-state index in [4.69, 9.17) is 15.6 Å². The highest BCUT2D eigenvalue weighted by Crippen LogP contribution is 2.38. The Kier molecular flexibility index (Phi) is 2.67. The first-order valence-corrected chi connectivity index (χ1v) is 5.34. The molecular weight excluding hydrogens is 262 g/mol. The molecule has 5 heteroatoms. The summed E-state index contributed by atoms with van der Waals surface area (Å²) in [4.78, 5) is 11.0. The third kappa shape index (κ3) is 1.72. The molecule has 0 bridgehead atoms. The number of nitrogens with two attached hydrogens (primary N) is 1. The Morgan fingerprint density at radius 3 is 3.00 bits per heavy atom. The van der Waals surface area contributed by atoms with Gasteiger partial charge in [0.2, 0.25) is 0 Å². The smallest absolute Gasteiger partial charge is 0.339 e. The molecule has 1 aromatic rings. The van der Waals surface area contributed by atoms with Gasteiger partial charge in [-0.3, -0.25) is 0 Å². The van der Waals surface area contributed by atoms with Crippen molar-refractivity contribution in [3.05, 3.63) is 27.7 Å². The van der Waals surface area contributed by atoms with Crippen molar-refractivity contribution in [3.63, 3.8) is 0 Å². The third-order valence-corrected chi connectivity index (χ3v) is 3.11. The van der Waals surface area contributed by atoms with Gasteiger partial charge in [0.15, 0.2) is 0 Å². The van der Waals surface area contributed by atoms with Crippen molar-refractivity contribution in [2.24, 2.45) is 5.73 Å². The van der Waals surface area contributed by atoms with Gasteiger partial charge in [-0.15, -0.1) is 0 Å². The van der Waals surface area contributed by atoms with E-state index in [-0.39, 0.29) is 11.6 Å². The number of halogens is 1. The lowest BCUT2D eigenvalue weighted by molar-refractivity contribution is 0.0690. The van der Waals surface area contributed by atoms with Crippen LogP contribution in [-0.4, -0.2) is 17.7 Å². The van der Waals surface area contributed by atoms with Gasteiger partial charge in [0, 0.05) is 22.5 Å². The lowest BCUT2D eigenvalue weighted by atomic mass is 9.98. The zero-order valence-corrected chi connectivity index (χ0v) is 9.45. The van der Waals surface area contributed by atoms with E-state index in [1.54, 1.807) is 6.07 Å². The Morgan fingerprint density at radius 2 is 2.33 bits per heavy atom. The number of hydrogen-bond donors (Lipinski definition) is 2. The normalized spacial score (nSPS) is 19.2. The minimum atomic E-state index is -0.993. The minimum Gasteiger partial charge on any atom is -0.492 e. The maximum Gasteiger partial charge on any atom is 0.339 e. The van der Waals surface area contributed by atoms with Crippen molar-refractivity contribution < 1.29 is 14.6 Å². The van der Waals surface area contributed by atoms with Crippen molar-refractivity contribution in [1.29, 1.82) is 0 Å². The van der Waals surface area contributed by atoms with Crippen LogP contribution < -0.4 is 10.5 Å². The quantitative estimate of drug-likeness (QED) is 0.819. The van der Waals surface area contributed by atoms with E-state index >= 15 is 0 Å². The monoisotopic (exact) mass is 271 g/mol. The summed E-state index contributed by atoms with van der Waals surface area (Å²) >= 11 is 3.35. The maximum absolute atomic E-state index is 11.0.